The van der Waals surface area contributed by atoms with Gasteiger partial charge in [-0.05, 0) is 42.5 Å². The molecule has 1 amide bonds. The maximum atomic E-state index is 12.4. The average molecular weight is 362 g/mol. The van der Waals surface area contributed by atoms with Gasteiger partial charge in [-0.1, -0.05) is 12.1 Å². The number of nitrogens with zero attached hydrogens (tertiary/aromatic N) is 1. The van der Waals surface area contributed by atoms with E-state index in [9.17, 15) is 9.90 Å². The third-order valence-corrected chi connectivity index (χ3v) is 4.33. The first-order chi connectivity index (χ1) is 13.1. The molecule has 2 aromatic heterocycles. The second kappa shape index (κ2) is 6.87. The fraction of sp³-hybridized carbons (Fsp3) is 0.100. The summed E-state index contributed by atoms with van der Waals surface area (Å²) in [6, 6.07) is 16.2. The van der Waals surface area contributed by atoms with Crippen LogP contribution in [-0.4, -0.2) is 33.3 Å². The number of nitrogens with one attached hydrogen (secondary N) is 3. The number of aromatic amines is 2. The fourth-order valence-electron chi connectivity index (χ4n) is 2.93. The van der Waals surface area contributed by atoms with Crippen LogP contribution in [0.2, 0.25) is 0 Å². The molecule has 0 saturated heterocycles. The number of phenolic OH excluding ortho intramolecular Hbond substituents is 1. The van der Waals surface area contributed by atoms with E-state index in [-0.39, 0.29) is 11.7 Å². The van der Waals surface area contributed by atoms with Crippen LogP contribution in [0.5, 0.6) is 11.5 Å². The molecule has 0 aliphatic heterocycles. The maximum Gasteiger partial charge on any atom is 0.269 e. The van der Waals surface area contributed by atoms with Gasteiger partial charge >= 0.3 is 0 Å². The van der Waals surface area contributed by atoms with E-state index in [2.05, 4.69) is 20.5 Å². The largest absolute Gasteiger partial charge is 0.507 e. The van der Waals surface area contributed by atoms with Gasteiger partial charge in [0.15, 0.2) is 0 Å². The molecule has 4 aromatic rings. The topological polar surface area (TPSA) is 103 Å². The molecule has 0 spiro atoms. The van der Waals surface area contributed by atoms with E-state index in [0.29, 0.717) is 23.5 Å². The number of hydrogen-bond acceptors (Lipinski definition) is 4. The average Bonchev–Trinajstić information content (AvgIpc) is 3.32. The molecule has 0 aliphatic carbocycles. The van der Waals surface area contributed by atoms with Crippen molar-refractivity contribution in [3.63, 3.8) is 0 Å². The third-order valence-electron chi connectivity index (χ3n) is 4.33. The fourth-order valence-corrected chi connectivity index (χ4v) is 2.93. The summed E-state index contributed by atoms with van der Waals surface area (Å²) in [5.41, 5.74) is 3.26. The van der Waals surface area contributed by atoms with Crippen molar-refractivity contribution in [1.82, 2.24) is 20.5 Å². The quantitative estimate of drug-likeness (QED) is 0.438. The Labute approximate surface area is 155 Å². The summed E-state index contributed by atoms with van der Waals surface area (Å²) in [6.45, 7) is 0.348. The highest BCUT2D eigenvalue weighted by molar-refractivity contribution is 5.93. The summed E-state index contributed by atoms with van der Waals surface area (Å²) in [5, 5.41) is 20.6. The SMILES string of the molecule is COc1ccc2[nH]c(CNC(=O)c3cc(-c4ccccc4O)n[nH]3)cc2c1. The monoisotopic (exact) mass is 362 g/mol. The number of aromatic hydroxyl groups is 1. The molecule has 7 heteroatoms. The summed E-state index contributed by atoms with van der Waals surface area (Å²) in [7, 11) is 1.63. The van der Waals surface area contributed by atoms with Gasteiger partial charge in [-0.15, -0.1) is 0 Å². The Morgan fingerprint density at radius 1 is 1.19 bits per heavy atom. The molecule has 27 heavy (non-hydrogen) atoms. The van der Waals surface area contributed by atoms with Crippen molar-refractivity contribution >= 4 is 16.8 Å². The minimum atomic E-state index is -0.277. The molecule has 136 valence electrons. The number of rotatable bonds is 5. The second-order valence-corrected chi connectivity index (χ2v) is 6.11. The lowest BCUT2D eigenvalue weighted by Gasteiger charge is -2.01. The summed E-state index contributed by atoms with van der Waals surface area (Å²) >= 11 is 0. The summed E-state index contributed by atoms with van der Waals surface area (Å²) in [5.74, 6) is 0.621. The smallest absolute Gasteiger partial charge is 0.269 e. The van der Waals surface area contributed by atoms with Gasteiger partial charge in [-0.25, -0.2) is 0 Å². The van der Waals surface area contributed by atoms with E-state index in [1.54, 1.807) is 37.4 Å². The van der Waals surface area contributed by atoms with E-state index >= 15 is 0 Å². The van der Waals surface area contributed by atoms with Crippen LogP contribution < -0.4 is 10.1 Å². The minimum Gasteiger partial charge on any atom is -0.507 e. The Morgan fingerprint density at radius 3 is 2.85 bits per heavy atom. The predicted molar refractivity (Wildman–Crippen MR) is 102 cm³/mol. The Bertz CT molecular complexity index is 1110. The maximum absolute atomic E-state index is 12.4. The number of hydrogen-bond donors (Lipinski definition) is 4. The van der Waals surface area contributed by atoms with Gasteiger partial charge in [0.05, 0.1) is 19.3 Å². The zero-order valence-electron chi connectivity index (χ0n) is 14.6. The van der Waals surface area contributed by atoms with E-state index in [4.69, 9.17) is 4.74 Å². The number of H-pyrrole nitrogens is 2. The summed E-state index contributed by atoms with van der Waals surface area (Å²) in [6.07, 6.45) is 0. The number of fused-ring (bicyclic) bond motifs is 1. The van der Waals surface area contributed by atoms with Gasteiger partial charge in [0, 0.05) is 22.2 Å². The lowest BCUT2D eigenvalue weighted by atomic mass is 10.1. The van der Waals surface area contributed by atoms with Gasteiger partial charge in [0.1, 0.15) is 17.2 Å². The molecular formula is C20H18N4O3. The third kappa shape index (κ3) is 3.35. The van der Waals surface area contributed by atoms with Crippen LogP contribution in [0.15, 0.2) is 54.6 Å². The molecule has 4 N–H and O–H groups in total. The molecule has 0 fully saturated rings. The van der Waals surface area contributed by atoms with Crippen molar-refractivity contribution in [3.8, 4) is 22.8 Å². The highest BCUT2D eigenvalue weighted by atomic mass is 16.5. The van der Waals surface area contributed by atoms with Crippen LogP contribution in [0.3, 0.4) is 0 Å². The van der Waals surface area contributed by atoms with Gasteiger partial charge in [-0.3, -0.25) is 9.89 Å². The zero-order chi connectivity index (χ0) is 18.8. The number of ether oxygens (including phenoxy) is 1. The molecule has 0 atom stereocenters. The first-order valence-electron chi connectivity index (χ1n) is 8.41. The van der Waals surface area contributed by atoms with Gasteiger partial charge in [-0.2, -0.15) is 5.10 Å². The lowest BCUT2D eigenvalue weighted by Crippen LogP contribution is -2.23. The van der Waals surface area contributed by atoms with Crippen LogP contribution >= 0.6 is 0 Å². The Balaban J connectivity index is 1.46. The molecule has 0 aliphatic rings. The first kappa shape index (κ1) is 16.7. The Morgan fingerprint density at radius 2 is 2.04 bits per heavy atom. The summed E-state index contributed by atoms with van der Waals surface area (Å²) in [4.78, 5) is 15.6. The molecule has 7 nitrogen and oxygen atoms in total. The van der Waals surface area contributed by atoms with E-state index in [1.807, 2.05) is 24.3 Å². The second-order valence-electron chi connectivity index (χ2n) is 6.11. The van der Waals surface area contributed by atoms with Crippen molar-refractivity contribution < 1.29 is 14.6 Å². The number of para-hydroxylation sites is 1. The van der Waals surface area contributed by atoms with E-state index < -0.39 is 0 Å². The number of carbonyl (C=O) groups is 1. The molecule has 0 unspecified atom stereocenters. The Hall–Kier alpha value is -3.74. The predicted octanol–water partition coefficient (Wildman–Crippen LogP) is 3.20. The molecule has 0 bridgehead atoms. The highest BCUT2D eigenvalue weighted by Gasteiger charge is 2.13. The van der Waals surface area contributed by atoms with Crippen molar-refractivity contribution in [2.75, 3.05) is 7.11 Å². The molecule has 4 rings (SSSR count). The highest BCUT2D eigenvalue weighted by Crippen LogP contribution is 2.27. The van der Waals surface area contributed by atoms with Crippen LogP contribution in [0.4, 0.5) is 0 Å². The lowest BCUT2D eigenvalue weighted by molar-refractivity contribution is 0.0945. The van der Waals surface area contributed by atoms with Gasteiger partial charge < -0.3 is 20.1 Å². The standard InChI is InChI=1S/C20H18N4O3/c1-27-14-6-7-16-12(9-14)8-13(22-16)11-21-20(26)18-10-17(23-24-18)15-4-2-3-5-19(15)25/h2-10,22,25H,11H2,1H3,(H,21,26)(H,23,24). The Kier molecular flexibility index (Phi) is 4.25. The number of methoxy groups -OCH3 is 1. The first-order valence-corrected chi connectivity index (χ1v) is 8.41. The van der Waals surface area contributed by atoms with E-state index in [1.165, 1.54) is 0 Å². The number of amides is 1. The normalized spacial score (nSPS) is 10.9. The molecular weight excluding hydrogens is 344 g/mol. The summed E-state index contributed by atoms with van der Waals surface area (Å²) < 4.78 is 5.22. The van der Waals surface area contributed by atoms with Crippen molar-refractivity contribution in [1.29, 1.82) is 0 Å². The van der Waals surface area contributed by atoms with Crippen molar-refractivity contribution in [3.05, 3.63) is 66.0 Å². The van der Waals surface area contributed by atoms with Crippen LogP contribution in [0, 0.1) is 0 Å². The zero-order valence-corrected chi connectivity index (χ0v) is 14.6. The molecule has 2 aromatic carbocycles. The van der Waals surface area contributed by atoms with Crippen LogP contribution in [-0.2, 0) is 6.54 Å². The number of carbonyl (C=O) groups excluding carboxylic acids is 1. The van der Waals surface area contributed by atoms with Crippen LogP contribution in [0.1, 0.15) is 16.2 Å². The van der Waals surface area contributed by atoms with Gasteiger partial charge in [0.2, 0.25) is 0 Å². The van der Waals surface area contributed by atoms with Crippen molar-refractivity contribution in [2.45, 2.75) is 6.54 Å². The molecule has 0 saturated carbocycles. The number of benzene rings is 2. The van der Waals surface area contributed by atoms with Crippen molar-refractivity contribution in [2.24, 2.45) is 0 Å². The van der Waals surface area contributed by atoms with Gasteiger partial charge in [0.25, 0.3) is 5.91 Å². The minimum absolute atomic E-state index is 0.115. The molecule has 0 radical (unpaired) electrons. The number of aromatic nitrogens is 3. The van der Waals surface area contributed by atoms with Crippen LogP contribution in [0.25, 0.3) is 22.2 Å². The number of phenols is 1. The van der Waals surface area contributed by atoms with E-state index in [0.717, 1.165) is 22.3 Å². The molecule has 2 heterocycles.